The molecule has 2 aromatic heterocycles. The summed E-state index contributed by atoms with van der Waals surface area (Å²) in [6, 6.07) is 5.50. The first kappa shape index (κ1) is 13.4. The van der Waals surface area contributed by atoms with Gasteiger partial charge < -0.3 is 9.15 Å². The van der Waals surface area contributed by atoms with E-state index in [1.54, 1.807) is 24.2 Å². The summed E-state index contributed by atoms with van der Waals surface area (Å²) in [7, 11) is 1.61. The third kappa shape index (κ3) is 2.20. The fourth-order valence-electron chi connectivity index (χ4n) is 2.33. The summed E-state index contributed by atoms with van der Waals surface area (Å²) in [5.74, 6) is 0.945. The van der Waals surface area contributed by atoms with Crippen LogP contribution in [-0.4, -0.2) is 22.7 Å². The van der Waals surface area contributed by atoms with Crippen molar-refractivity contribution in [2.45, 2.75) is 20.4 Å². The Labute approximate surface area is 122 Å². The van der Waals surface area contributed by atoms with Gasteiger partial charge in [0.25, 0.3) is 0 Å². The molecule has 1 aromatic carbocycles. The molecule has 0 amide bonds. The van der Waals surface area contributed by atoms with Crippen molar-refractivity contribution in [1.82, 2.24) is 9.78 Å². The molecule has 3 aromatic rings. The summed E-state index contributed by atoms with van der Waals surface area (Å²) < 4.78 is 12.6. The van der Waals surface area contributed by atoms with Crippen LogP contribution in [0.15, 0.2) is 35.0 Å². The molecule has 108 valence electrons. The summed E-state index contributed by atoms with van der Waals surface area (Å²) in [5.41, 5.74) is 2.03. The van der Waals surface area contributed by atoms with Gasteiger partial charge in [0.15, 0.2) is 5.76 Å². The molecule has 0 aliphatic heterocycles. The van der Waals surface area contributed by atoms with Crippen molar-refractivity contribution in [2.75, 3.05) is 7.11 Å². The maximum Gasteiger partial charge on any atom is 0.231 e. The van der Waals surface area contributed by atoms with Crippen LogP contribution in [0.1, 0.15) is 28.6 Å². The number of aryl methyl sites for hydroxylation is 2. The first-order valence-corrected chi connectivity index (χ1v) is 6.78. The molecule has 5 heteroatoms. The molecule has 0 aliphatic rings. The second-order valence-electron chi connectivity index (χ2n) is 4.83. The minimum Gasteiger partial charge on any atom is -0.497 e. The van der Waals surface area contributed by atoms with Gasteiger partial charge in [-0.05, 0) is 32.0 Å². The second kappa shape index (κ2) is 5.09. The van der Waals surface area contributed by atoms with Crippen LogP contribution < -0.4 is 4.74 Å². The highest BCUT2D eigenvalue weighted by atomic mass is 16.5. The monoisotopic (exact) mass is 284 g/mol. The van der Waals surface area contributed by atoms with E-state index in [9.17, 15) is 4.79 Å². The lowest BCUT2D eigenvalue weighted by Crippen LogP contribution is -2.00. The molecule has 21 heavy (non-hydrogen) atoms. The number of hydrogen-bond acceptors (Lipinski definition) is 4. The molecule has 0 bridgehead atoms. The topological polar surface area (TPSA) is 57.3 Å². The van der Waals surface area contributed by atoms with E-state index >= 15 is 0 Å². The lowest BCUT2D eigenvalue weighted by Gasteiger charge is -1.98. The maximum absolute atomic E-state index is 12.5. The Morgan fingerprint density at radius 3 is 2.90 bits per heavy atom. The first-order valence-electron chi connectivity index (χ1n) is 6.78. The Bertz CT molecular complexity index is 814. The summed E-state index contributed by atoms with van der Waals surface area (Å²) in [5, 5.41) is 5.02. The molecule has 0 radical (unpaired) electrons. The van der Waals surface area contributed by atoms with Crippen molar-refractivity contribution >= 4 is 16.8 Å². The predicted molar refractivity (Wildman–Crippen MR) is 78.8 cm³/mol. The summed E-state index contributed by atoms with van der Waals surface area (Å²) >= 11 is 0. The van der Waals surface area contributed by atoms with Crippen LogP contribution in [0, 0.1) is 6.92 Å². The molecule has 5 nitrogen and oxygen atoms in total. The van der Waals surface area contributed by atoms with E-state index in [1.807, 2.05) is 32.0 Å². The van der Waals surface area contributed by atoms with Gasteiger partial charge in [-0.2, -0.15) is 5.10 Å². The molecule has 3 rings (SSSR count). The highest BCUT2D eigenvalue weighted by Crippen LogP contribution is 2.30. The van der Waals surface area contributed by atoms with E-state index in [-0.39, 0.29) is 5.78 Å². The molecule has 0 atom stereocenters. The lowest BCUT2D eigenvalue weighted by molar-refractivity contribution is 0.101. The van der Waals surface area contributed by atoms with Gasteiger partial charge in [0.1, 0.15) is 11.3 Å². The Morgan fingerprint density at radius 1 is 1.43 bits per heavy atom. The normalized spacial score (nSPS) is 11.0. The van der Waals surface area contributed by atoms with Gasteiger partial charge in [-0.15, -0.1) is 0 Å². The number of hydrogen-bond donors (Lipinski definition) is 0. The van der Waals surface area contributed by atoms with Gasteiger partial charge in [-0.25, -0.2) is 0 Å². The summed E-state index contributed by atoms with van der Waals surface area (Å²) in [4.78, 5) is 12.5. The van der Waals surface area contributed by atoms with Crippen LogP contribution in [0.2, 0.25) is 0 Å². The minimum absolute atomic E-state index is 0.151. The highest BCUT2D eigenvalue weighted by Gasteiger charge is 2.20. The average Bonchev–Trinajstić information content (AvgIpc) is 3.11. The van der Waals surface area contributed by atoms with E-state index in [4.69, 9.17) is 9.15 Å². The van der Waals surface area contributed by atoms with Crippen LogP contribution in [0.3, 0.4) is 0 Å². The highest BCUT2D eigenvalue weighted by molar-refractivity contribution is 6.10. The maximum atomic E-state index is 12.5. The number of ketones is 1. The van der Waals surface area contributed by atoms with Crippen LogP contribution in [0.4, 0.5) is 0 Å². The minimum atomic E-state index is -0.151. The molecular formula is C16H16N2O3. The predicted octanol–water partition coefficient (Wildman–Crippen LogP) is 3.20. The van der Waals surface area contributed by atoms with Gasteiger partial charge in [0.2, 0.25) is 5.78 Å². The van der Waals surface area contributed by atoms with Crippen molar-refractivity contribution in [3.05, 3.63) is 47.5 Å². The molecule has 0 N–H and O–H groups in total. The Balaban J connectivity index is 2.07. The quantitative estimate of drug-likeness (QED) is 0.690. The third-order valence-corrected chi connectivity index (χ3v) is 3.57. The van der Waals surface area contributed by atoms with Crippen molar-refractivity contribution in [3.63, 3.8) is 0 Å². The lowest BCUT2D eigenvalue weighted by atomic mass is 10.1. The molecular weight excluding hydrogens is 268 g/mol. The zero-order valence-corrected chi connectivity index (χ0v) is 12.2. The van der Waals surface area contributed by atoms with Crippen LogP contribution >= 0.6 is 0 Å². The zero-order chi connectivity index (χ0) is 15.0. The van der Waals surface area contributed by atoms with Crippen LogP contribution in [0.5, 0.6) is 5.75 Å². The van der Waals surface area contributed by atoms with Gasteiger partial charge in [0, 0.05) is 23.7 Å². The average molecular weight is 284 g/mol. The number of carbonyl (C=O) groups is 1. The number of methoxy groups -OCH3 is 1. The number of aromatic nitrogens is 2. The number of nitrogens with zero attached hydrogens (tertiary/aromatic N) is 2. The molecule has 0 saturated heterocycles. The Kier molecular flexibility index (Phi) is 3.25. The fourth-order valence-corrected chi connectivity index (χ4v) is 2.33. The van der Waals surface area contributed by atoms with Crippen molar-refractivity contribution in [3.8, 4) is 5.75 Å². The number of carbonyl (C=O) groups excluding carboxylic acids is 1. The fraction of sp³-hybridized carbons (Fsp3) is 0.250. The number of furan rings is 1. The standard InChI is InChI=1S/C16H16N2O3/c1-4-18-9-11(8-17-18)15(19)16-10(2)13-7-12(20-3)5-6-14(13)21-16/h5-9H,4H2,1-3H3. The number of ether oxygens (including phenoxy) is 1. The van der Waals surface area contributed by atoms with Crippen LogP contribution in [-0.2, 0) is 6.54 Å². The number of rotatable bonds is 4. The van der Waals surface area contributed by atoms with Crippen molar-refractivity contribution in [1.29, 1.82) is 0 Å². The molecule has 0 spiro atoms. The van der Waals surface area contributed by atoms with Gasteiger partial charge in [-0.3, -0.25) is 9.48 Å². The molecule has 0 aliphatic carbocycles. The SMILES string of the molecule is CCn1cc(C(=O)c2oc3ccc(OC)cc3c2C)cn1. The summed E-state index contributed by atoms with van der Waals surface area (Å²) in [6.45, 7) is 4.58. The second-order valence-corrected chi connectivity index (χ2v) is 4.83. The largest absolute Gasteiger partial charge is 0.497 e. The molecule has 2 heterocycles. The number of benzene rings is 1. The smallest absolute Gasteiger partial charge is 0.231 e. The van der Waals surface area contributed by atoms with E-state index in [2.05, 4.69) is 5.10 Å². The van der Waals surface area contributed by atoms with E-state index in [0.29, 0.717) is 16.9 Å². The third-order valence-electron chi connectivity index (χ3n) is 3.57. The van der Waals surface area contributed by atoms with Gasteiger partial charge >= 0.3 is 0 Å². The molecule has 0 unspecified atom stereocenters. The summed E-state index contributed by atoms with van der Waals surface area (Å²) in [6.07, 6.45) is 3.30. The van der Waals surface area contributed by atoms with Crippen molar-refractivity contribution in [2.24, 2.45) is 0 Å². The zero-order valence-electron chi connectivity index (χ0n) is 12.2. The van der Waals surface area contributed by atoms with E-state index < -0.39 is 0 Å². The van der Waals surface area contributed by atoms with Crippen LogP contribution in [0.25, 0.3) is 11.0 Å². The molecule has 0 saturated carbocycles. The van der Waals surface area contributed by atoms with Gasteiger partial charge in [-0.1, -0.05) is 0 Å². The van der Waals surface area contributed by atoms with E-state index in [1.165, 1.54) is 0 Å². The van der Waals surface area contributed by atoms with Gasteiger partial charge in [0.05, 0.1) is 18.9 Å². The molecule has 0 fully saturated rings. The first-order chi connectivity index (χ1) is 10.1. The number of fused-ring (bicyclic) bond motifs is 1. The van der Waals surface area contributed by atoms with E-state index in [0.717, 1.165) is 23.2 Å². The Hall–Kier alpha value is -2.56. The van der Waals surface area contributed by atoms with Crippen molar-refractivity contribution < 1.29 is 13.9 Å². The Morgan fingerprint density at radius 2 is 2.24 bits per heavy atom.